The molecule has 9 heteroatoms. The number of nitrogens with zero attached hydrogens (tertiary/aromatic N) is 2. The lowest BCUT2D eigenvalue weighted by Crippen LogP contribution is -2.53. The van der Waals surface area contributed by atoms with Gasteiger partial charge in [-0.1, -0.05) is 18.2 Å². The Kier molecular flexibility index (Phi) is 4.95. The molecule has 1 aromatic heterocycles. The quantitative estimate of drug-likeness (QED) is 0.212. The van der Waals surface area contributed by atoms with Crippen molar-refractivity contribution in [2.24, 2.45) is 0 Å². The van der Waals surface area contributed by atoms with Crippen molar-refractivity contribution < 1.29 is 18.9 Å². The third-order valence-electron chi connectivity index (χ3n) is 3.86. The van der Waals surface area contributed by atoms with Crippen molar-refractivity contribution >= 4 is 40.9 Å². The number of nitrogens with one attached hydrogen (secondary N) is 1. The van der Waals surface area contributed by atoms with Crippen molar-refractivity contribution in [1.29, 1.82) is 0 Å². The van der Waals surface area contributed by atoms with Crippen LogP contribution >= 0.6 is 12.2 Å². The van der Waals surface area contributed by atoms with Crippen molar-refractivity contribution in [1.82, 2.24) is 10.2 Å². The molecule has 1 saturated heterocycles. The van der Waals surface area contributed by atoms with E-state index in [1.807, 2.05) is 0 Å². The maximum absolute atomic E-state index is 12.6. The van der Waals surface area contributed by atoms with Crippen LogP contribution in [0.15, 0.2) is 59.2 Å². The summed E-state index contributed by atoms with van der Waals surface area (Å²) in [7, 11) is 0. The van der Waals surface area contributed by atoms with Crippen LogP contribution in [0.1, 0.15) is 5.76 Å². The van der Waals surface area contributed by atoms with Crippen molar-refractivity contribution in [2.75, 3.05) is 6.54 Å². The summed E-state index contributed by atoms with van der Waals surface area (Å²) in [6.07, 6.45) is 4.06. The number of hydrogen-bond donors (Lipinski definition) is 1. The monoisotopic (exact) mass is 383 g/mol. The molecule has 0 saturated carbocycles. The lowest BCUT2D eigenvalue weighted by Gasteiger charge is -2.27. The molecule has 0 aliphatic carbocycles. The Hall–Kier alpha value is -3.59. The predicted molar refractivity (Wildman–Crippen MR) is 101 cm³/mol. The van der Waals surface area contributed by atoms with Crippen LogP contribution in [0.25, 0.3) is 17.2 Å². The highest BCUT2D eigenvalue weighted by Gasteiger charge is 2.33. The third-order valence-corrected chi connectivity index (χ3v) is 4.18. The van der Waals surface area contributed by atoms with Gasteiger partial charge in [-0.15, -0.1) is 6.58 Å². The lowest BCUT2D eigenvalue weighted by atomic mass is 10.0. The molecular weight excluding hydrogens is 370 g/mol. The van der Waals surface area contributed by atoms with Gasteiger partial charge in [0.15, 0.2) is 5.11 Å². The molecule has 1 aliphatic rings. The Morgan fingerprint density at radius 3 is 2.70 bits per heavy atom. The van der Waals surface area contributed by atoms with Crippen LogP contribution in [0.2, 0.25) is 0 Å². The highest BCUT2D eigenvalue weighted by atomic mass is 32.1. The van der Waals surface area contributed by atoms with Gasteiger partial charge in [0.05, 0.1) is 16.7 Å². The summed E-state index contributed by atoms with van der Waals surface area (Å²) in [5.41, 5.74) is 0.386. The molecule has 1 aliphatic heterocycles. The van der Waals surface area contributed by atoms with Gasteiger partial charge in [-0.05, 0) is 30.4 Å². The van der Waals surface area contributed by atoms with E-state index in [1.54, 1.807) is 18.2 Å². The third kappa shape index (κ3) is 3.40. The fourth-order valence-electron chi connectivity index (χ4n) is 2.64. The predicted octanol–water partition coefficient (Wildman–Crippen LogP) is 2.67. The SMILES string of the molecule is C=CCN1C(=O)/C(=C\c2occc2-c2ccccc2[N+](=O)[O-])C(=O)NC1=S. The molecule has 0 radical (unpaired) electrons. The van der Waals surface area contributed by atoms with Crippen LogP contribution in [0.3, 0.4) is 0 Å². The first-order valence-corrected chi connectivity index (χ1v) is 8.16. The maximum atomic E-state index is 12.6. The van der Waals surface area contributed by atoms with Gasteiger partial charge in [-0.2, -0.15) is 0 Å². The Bertz CT molecular complexity index is 1010. The van der Waals surface area contributed by atoms with Crippen LogP contribution in [-0.4, -0.2) is 33.3 Å². The smallest absolute Gasteiger partial charge is 0.277 e. The van der Waals surface area contributed by atoms with Crippen molar-refractivity contribution in [3.63, 3.8) is 0 Å². The molecule has 136 valence electrons. The molecule has 27 heavy (non-hydrogen) atoms. The molecule has 2 aromatic rings. The van der Waals surface area contributed by atoms with Gasteiger partial charge < -0.3 is 4.42 Å². The van der Waals surface area contributed by atoms with Gasteiger partial charge in [-0.3, -0.25) is 29.9 Å². The topological polar surface area (TPSA) is 106 Å². The fourth-order valence-corrected chi connectivity index (χ4v) is 2.89. The van der Waals surface area contributed by atoms with E-state index in [0.29, 0.717) is 11.1 Å². The average Bonchev–Trinajstić information content (AvgIpc) is 3.10. The Morgan fingerprint density at radius 1 is 1.26 bits per heavy atom. The number of benzene rings is 1. The van der Waals surface area contributed by atoms with Crippen LogP contribution in [0, 0.1) is 10.1 Å². The Labute approximate surface area is 158 Å². The highest BCUT2D eigenvalue weighted by Crippen LogP contribution is 2.34. The first-order valence-electron chi connectivity index (χ1n) is 7.75. The maximum Gasteiger partial charge on any atom is 0.277 e. The van der Waals surface area contributed by atoms with Crippen LogP contribution in [0.5, 0.6) is 0 Å². The number of furan rings is 1. The van der Waals surface area contributed by atoms with Crippen molar-refractivity contribution in [3.8, 4) is 11.1 Å². The summed E-state index contributed by atoms with van der Waals surface area (Å²) in [5.74, 6) is -1.13. The summed E-state index contributed by atoms with van der Waals surface area (Å²) < 4.78 is 5.37. The number of nitro benzene ring substituents is 1. The summed E-state index contributed by atoms with van der Waals surface area (Å²) in [5, 5.41) is 13.7. The van der Waals surface area contributed by atoms with Crippen molar-refractivity contribution in [3.05, 3.63) is 70.7 Å². The van der Waals surface area contributed by atoms with Crippen LogP contribution in [0.4, 0.5) is 5.69 Å². The van der Waals surface area contributed by atoms with Crippen molar-refractivity contribution in [2.45, 2.75) is 0 Å². The van der Waals surface area contributed by atoms with Gasteiger partial charge in [0.25, 0.3) is 17.5 Å². The van der Waals surface area contributed by atoms with E-state index in [1.165, 1.54) is 35.4 Å². The molecule has 1 fully saturated rings. The normalized spacial score (nSPS) is 15.8. The Balaban J connectivity index is 2.07. The first-order chi connectivity index (χ1) is 12.9. The van der Waals surface area contributed by atoms with E-state index in [4.69, 9.17) is 16.6 Å². The zero-order valence-electron chi connectivity index (χ0n) is 13.9. The number of para-hydroxylation sites is 1. The molecule has 1 N–H and O–H groups in total. The second-order valence-corrected chi connectivity index (χ2v) is 5.88. The Morgan fingerprint density at radius 2 is 2.00 bits per heavy atom. The molecule has 0 unspecified atom stereocenters. The van der Waals surface area contributed by atoms with Gasteiger partial charge >= 0.3 is 0 Å². The second-order valence-electron chi connectivity index (χ2n) is 5.49. The van der Waals surface area contributed by atoms with Crippen LogP contribution < -0.4 is 5.32 Å². The first kappa shape index (κ1) is 18.2. The number of carbonyl (C=O) groups excluding carboxylic acids is 2. The average molecular weight is 383 g/mol. The number of rotatable bonds is 5. The van der Waals surface area contributed by atoms with E-state index in [9.17, 15) is 19.7 Å². The standard InChI is InChI=1S/C18H13N3O5S/c1-2-8-20-17(23)13(16(22)19-18(20)27)10-15-12(7-9-26-15)11-5-3-4-6-14(11)21(24)25/h2-7,9-10H,1,8H2,(H,19,22,27)/b13-10-. The van der Waals surface area contributed by atoms with E-state index in [-0.39, 0.29) is 28.7 Å². The van der Waals surface area contributed by atoms with E-state index < -0.39 is 16.7 Å². The minimum Gasteiger partial charge on any atom is -0.464 e. The number of nitro groups is 1. The number of carbonyl (C=O) groups is 2. The van der Waals surface area contributed by atoms with Gasteiger partial charge in [0, 0.05) is 18.2 Å². The summed E-state index contributed by atoms with van der Waals surface area (Å²) in [6, 6.07) is 7.65. The molecule has 2 heterocycles. The van der Waals surface area contributed by atoms with E-state index in [2.05, 4.69) is 11.9 Å². The fraction of sp³-hybridized carbons (Fsp3) is 0.0556. The summed E-state index contributed by atoms with van der Waals surface area (Å²) >= 11 is 5.00. The lowest BCUT2D eigenvalue weighted by molar-refractivity contribution is -0.384. The van der Waals surface area contributed by atoms with Crippen LogP contribution in [-0.2, 0) is 9.59 Å². The molecule has 2 amide bonds. The molecule has 1 aromatic carbocycles. The molecule has 3 rings (SSSR count). The van der Waals surface area contributed by atoms with Gasteiger partial charge in [0.2, 0.25) is 0 Å². The molecular formula is C18H13N3O5S. The zero-order valence-corrected chi connectivity index (χ0v) is 14.7. The highest BCUT2D eigenvalue weighted by molar-refractivity contribution is 7.80. The summed E-state index contributed by atoms with van der Waals surface area (Å²) in [6.45, 7) is 3.68. The van der Waals surface area contributed by atoms with E-state index >= 15 is 0 Å². The zero-order chi connectivity index (χ0) is 19.6. The minimum atomic E-state index is -0.671. The minimum absolute atomic E-state index is 0.0135. The molecule has 8 nitrogen and oxygen atoms in total. The number of hydrogen-bond acceptors (Lipinski definition) is 6. The summed E-state index contributed by atoms with van der Waals surface area (Å²) in [4.78, 5) is 36.8. The second kappa shape index (κ2) is 7.34. The molecule has 0 spiro atoms. The molecule has 0 bridgehead atoms. The van der Waals surface area contributed by atoms with Gasteiger partial charge in [-0.25, -0.2) is 0 Å². The van der Waals surface area contributed by atoms with E-state index in [0.717, 1.165) is 0 Å². The number of thiocarbonyl (C=S) groups is 1. The molecule has 0 atom stereocenters. The number of amides is 2. The largest absolute Gasteiger partial charge is 0.464 e. The van der Waals surface area contributed by atoms with Gasteiger partial charge in [0.1, 0.15) is 11.3 Å².